The second-order valence-corrected chi connectivity index (χ2v) is 7.11. The summed E-state index contributed by atoms with van der Waals surface area (Å²) in [5.74, 6) is 2.76. The van der Waals surface area contributed by atoms with E-state index < -0.39 is 0 Å². The van der Waals surface area contributed by atoms with Crippen LogP contribution < -0.4 is 15.4 Å². The fourth-order valence-electron chi connectivity index (χ4n) is 3.65. The highest BCUT2D eigenvalue weighted by atomic mass is 16.5. The first kappa shape index (κ1) is 20.3. The third-order valence-electron chi connectivity index (χ3n) is 5.23. The largest absolute Gasteiger partial charge is 0.497 e. The number of nitrogens with one attached hydrogen (secondary N) is 2. The molecule has 6 nitrogen and oxygen atoms in total. The van der Waals surface area contributed by atoms with Gasteiger partial charge in [-0.1, -0.05) is 12.1 Å². The number of benzene rings is 1. The first-order valence-electron chi connectivity index (χ1n) is 10.1. The van der Waals surface area contributed by atoms with Gasteiger partial charge in [0.25, 0.3) is 0 Å². The number of aliphatic imine (C=N–C) groups is 1. The average Bonchev–Trinajstić information content (AvgIpc) is 3.45. The molecule has 2 N–H and O–H groups in total. The number of methoxy groups -OCH3 is 1. The van der Waals surface area contributed by atoms with Crippen LogP contribution in [0.2, 0.25) is 0 Å². The molecule has 1 atom stereocenters. The van der Waals surface area contributed by atoms with Crippen molar-refractivity contribution in [3.63, 3.8) is 0 Å². The zero-order valence-electron chi connectivity index (χ0n) is 17.0. The van der Waals surface area contributed by atoms with Gasteiger partial charge in [0.1, 0.15) is 11.5 Å². The summed E-state index contributed by atoms with van der Waals surface area (Å²) in [6.07, 6.45) is 6.34. The molecule has 28 heavy (non-hydrogen) atoms. The summed E-state index contributed by atoms with van der Waals surface area (Å²) in [7, 11) is 3.51. The van der Waals surface area contributed by atoms with Gasteiger partial charge in [-0.05, 0) is 68.6 Å². The summed E-state index contributed by atoms with van der Waals surface area (Å²) in [6.45, 7) is 3.91. The zero-order valence-corrected chi connectivity index (χ0v) is 17.0. The number of nitrogens with zero attached hydrogens (tertiary/aromatic N) is 2. The highest BCUT2D eigenvalue weighted by Gasteiger charge is 2.25. The van der Waals surface area contributed by atoms with Gasteiger partial charge >= 0.3 is 0 Å². The lowest BCUT2D eigenvalue weighted by Gasteiger charge is -2.26. The van der Waals surface area contributed by atoms with Crippen LogP contribution in [0.4, 0.5) is 0 Å². The first-order chi connectivity index (χ1) is 13.8. The number of rotatable bonds is 9. The summed E-state index contributed by atoms with van der Waals surface area (Å²) in [5, 5.41) is 6.89. The number of hydrogen-bond acceptors (Lipinski definition) is 4. The Morgan fingerprint density at radius 3 is 2.61 bits per heavy atom. The number of likely N-dealkylation sites (tertiary alicyclic amines) is 1. The molecular weight excluding hydrogens is 352 g/mol. The maximum absolute atomic E-state index is 5.69. The summed E-state index contributed by atoms with van der Waals surface area (Å²) < 4.78 is 10.9. The lowest BCUT2D eigenvalue weighted by atomic mass is 10.1. The van der Waals surface area contributed by atoms with Crippen LogP contribution in [0.15, 0.2) is 52.1 Å². The monoisotopic (exact) mass is 384 g/mol. The van der Waals surface area contributed by atoms with Crippen LogP contribution in [-0.4, -0.2) is 51.2 Å². The van der Waals surface area contributed by atoms with Crippen molar-refractivity contribution >= 4 is 5.96 Å². The van der Waals surface area contributed by atoms with Gasteiger partial charge in [0.15, 0.2) is 5.96 Å². The second-order valence-electron chi connectivity index (χ2n) is 7.11. The van der Waals surface area contributed by atoms with Gasteiger partial charge in [0, 0.05) is 20.1 Å². The Bertz CT molecular complexity index is 707. The van der Waals surface area contributed by atoms with E-state index in [4.69, 9.17) is 9.15 Å². The molecule has 2 aromatic rings. The van der Waals surface area contributed by atoms with Crippen molar-refractivity contribution in [3.8, 4) is 5.75 Å². The Labute approximate surface area is 168 Å². The van der Waals surface area contributed by atoms with Crippen molar-refractivity contribution in [3.05, 3.63) is 54.0 Å². The molecule has 2 heterocycles. The molecule has 1 aliphatic heterocycles. The van der Waals surface area contributed by atoms with Crippen molar-refractivity contribution in [2.75, 3.05) is 40.3 Å². The number of furan rings is 1. The van der Waals surface area contributed by atoms with E-state index in [-0.39, 0.29) is 6.04 Å². The molecule has 1 saturated heterocycles. The van der Waals surface area contributed by atoms with Gasteiger partial charge in [-0.15, -0.1) is 0 Å². The topological polar surface area (TPSA) is 62.0 Å². The number of hydrogen-bond donors (Lipinski definition) is 2. The van der Waals surface area contributed by atoms with E-state index in [1.54, 1.807) is 13.4 Å². The minimum Gasteiger partial charge on any atom is -0.497 e. The predicted octanol–water partition coefficient (Wildman–Crippen LogP) is 3.22. The lowest BCUT2D eigenvalue weighted by Crippen LogP contribution is -2.42. The molecule has 0 spiro atoms. The molecule has 152 valence electrons. The van der Waals surface area contributed by atoms with Crippen molar-refractivity contribution < 1.29 is 9.15 Å². The smallest absolute Gasteiger partial charge is 0.191 e. The van der Waals surface area contributed by atoms with Crippen LogP contribution in [0.1, 0.15) is 36.6 Å². The van der Waals surface area contributed by atoms with E-state index in [0.717, 1.165) is 56.5 Å². The van der Waals surface area contributed by atoms with Gasteiger partial charge in [-0.3, -0.25) is 9.89 Å². The van der Waals surface area contributed by atoms with Crippen molar-refractivity contribution in [2.45, 2.75) is 31.7 Å². The third kappa shape index (κ3) is 5.76. The van der Waals surface area contributed by atoms with Crippen molar-refractivity contribution in [1.29, 1.82) is 0 Å². The van der Waals surface area contributed by atoms with Crippen LogP contribution in [0.5, 0.6) is 5.75 Å². The van der Waals surface area contributed by atoms with Crippen LogP contribution in [0, 0.1) is 0 Å². The van der Waals surface area contributed by atoms with Gasteiger partial charge in [-0.2, -0.15) is 0 Å². The Morgan fingerprint density at radius 1 is 1.18 bits per heavy atom. The highest BCUT2D eigenvalue weighted by molar-refractivity contribution is 5.79. The minimum atomic E-state index is 0.246. The normalized spacial score (nSPS) is 16.1. The molecule has 0 aliphatic carbocycles. The van der Waals surface area contributed by atoms with Crippen molar-refractivity contribution in [1.82, 2.24) is 15.5 Å². The highest BCUT2D eigenvalue weighted by Crippen LogP contribution is 2.24. The van der Waals surface area contributed by atoms with Crippen LogP contribution in [-0.2, 0) is 6.42 Å². The molecule has 1 aliphatic rings. The maximum Gasteiger partial charge on any atom is 0.191 e. The number of guanidine groups is 1. The molecular formula is C22H32N4O2. The van der Waals surface area contributed by atoms with E-state index in [1.807, 2.05) is 25.2 Å². The molecule has 1 unspecified atom stereocenters. The first-order valence-corrected chi connectivity index (χ1v) is 10.1. The zero-order chi connectivity index (χ0) is 19.6. The van der Waals surface area contributed by atoms with Crippen LogP contribution in [0.3, 0.4) is 0 Å². The summed E-state index contributed by atoms with van der Waals surface area (Å²) in [4.78, 5) is 6.85. The molecule has 6 heteroatoms. The van der Waals surface area contributed by atoms with Crippen LogP contribution >= 0.6 is 0 Å². The second kappa shape index (κ2) is 10.8. The summed E-state index contributed by atoms with van der Waals surface area (Å²) in [6, 6.07) is 12.5. The number of aryl methyl sites for hydroxylation is 1. The summed E-state index contributed by atoms with van der Waals surface area (Å²) >= 11 is 0. The third-order valence-corrected chi connectivity index (χ3v) is 5.23. The molecule has 3 rings (SSSR count). The Balaban J connectivity index is 1.43. The lowest BCUT2D eigenvalue weighted by molar-refractivity contribution is 0.215. The van der Waals surface area contributed by atoms with Gasteiger partial charge in [-0.25, -0.2) is 0 Å². The SMILES string of the molecule is CN=C(NCCCc1ccc(OC)cc1)NCC(c1ccco1)N1CCCC1. The van der Waals surface area contributed by atoms with Gasteiger partial charge in [0.2, 0.25) is 0 Å². The fourth-order valence-corrected chi connectivity index (χ4v) is 3.65. The van der Waals surface area contributed by atoms with E-state index >= 15 is 0 Å². The quantitative estimate of drug-likeness (QED) is 0.395. The van der Waals surface area contributed by atoms with E-state index in [9.17, 15) is 0 Å². The summed E-state index contributed by atoms with van der Waals surface area (Å²) in [5.41, 5.74) is 1.32. The fraction of sp³-hybridized carbons (Fsp3) is 0.500. The van der Waals surface area contributed by atoms with Crippen molar-refractivity contribution in [2.24, 2.45) is 4.99 Å². The van der Waals surface area contributed by atoms with Gasteiger partial charge in [0.05, 0.1) is 19.4 Å². The Hall–Kier alpha value is -2.47. The molecule has 0 radical (unpaired) electrons. The maximum atomic E-state index is 5.69. The molecule has 0 bridgehead atoms. The molecule has 1 aromatic heterocycles. The molecule has 1 fully saturated rings. The molecule has 1 aromatic carbocycles. The standard InChI is InChI=1S/C22H32N4O2/c1-23-22(24-13-5-7-18-9-11-19(27-2)12-10-18)25-17-20(21-8-6-16-28-21)26-14-3-4-15-26/h6,8-12,16,20H,3-5,7,13-15,17H2,1-2H3,(H2,23,24,25). The molecule has 0 saturated carbocycles. The van der Waals surface area contributed by atoms with E-state index in [0.29, 0.717) is 0 Å². The van der Waals surface area contributed by atoms with Gasteiger partial charge < -0.3 is 19.8 Å². The van der Waals surface area contributed by atoms with E-state index in [1.165, 1.54) is 18.4 Å². The van der Waals surface area contributed by atoms with E-state index in [2.05, 4.69) is 38.7 Å². The Morgan fingerprint density at radius 2 is 1.96 bits per heavy atom. The Kier molecular flexibility index (Phi) is 7.79. The number of ether oxygens (including phenoxy) is 1. The minimum absolute atomic E-state index is 0.246. The van der Waals surface area contributed by atoms with Crippen LogP contribution in [0.25, 0.3) is 0 Å². The molecule has 0 amide bonds. The average molecular weight is 385 g/mol. The predicted molar refractivity (Wildman–Crippen MR) is 113 cm³/mol.